The van der Waals surface area contributed by atoms with Crippen LogP contribution in [0.25, 0.3) is 0 Å². The zero-order valence-electron chi connectivity index (χ0n) is 21.5. The zero-order chi connectivity index (χ0) is 27.4. The lowest BCUT2D eigenvalue weighted by Gasteiger charge is -2.38. The topological polar surface area (TPSA) is 124 Å². The van der Waals surface area contributed by atoms with E-state index in [1.165, 1.54) is 30.2 Å². The number of anilines is 1. The highest BCUT2D eigenvalue weighted by molar-refractivity contribution is 8.93. The minimum atomic E-state index is -0.808. The van der Waals surface area contributed by atoms with Crippen molar-refractivity contribution in [3.05, 3.63) is 81.9 Å². The van der Waals surface area contributed by atoms with Gasteiger partial charge in [-0.3, -0.25) is 14.5 Å². The van der Waals surface area contributed by atoms with Crippen molar-refractivity contribution in [1.29, 1.82) is 0 Å². The van der Waals surface area contributed by atoms with Crippen LogP contribution in [0.15, 0.2) is 75.8 Å². The molecule has 0 bridgehead atoms. The van der Waals surface area contributed by atoms with E-state index in [0.717, 1.165) is 11.8 Å². The number of halogens is 1. The number of hydrogen-bond donors (Lipinski definition) is 1. The van der Waals surface area contributed by atoms with E-state index in [2.05, 4.69) is 10.3 Å². The standard InChI is InChI=1S/C27H25N3O7S.BrH/c1-5-37-25(33)17-6-10-18(11-7-17)29-24(32)20-14-21(31)30-23(16-8-12-19(35-3)13-9-16)22(26(34)36-4)15(2)28-27(30)38-20;/h6-14,23H,5H2,1-4H3,(H,29,32);1H. The fraction of sp³-hybridized carbons (Fsp3) is 0.222. The van der Waals surface area contributed by atoms with Crippen molar-refractivity contribution in [2.75, 3.05) is 26.1 Å². The van der Waals surface area contributed by atoms with Crippen LogP contribution in [0.1, 0.15) is 35.8 Å². The van der Waals surface area contributed by atoms with Crippen LogP contribution in [-0.2, 0) is 23.9 Å². The van der Waals surface area contributed by atoms with Gasteiger partial charge < -0.3 is 19.5 Å². The Labute approximate surface area is 239 Å². The molecule has 0 aliphatic carbocycles. The molecule has 0 spiro atoms. The van der Waals surface area contributed by atoms with Gasteiger partial charge in [-0.1, -0.05) is 12.1 Å². The number of ether oxygens (including phenoxy) is 3. The van der Waals surface area contributed by atoms with Crippen molar-refractivity contribution in [3.63, 3.8) is 0 Å². The largest absolute Gasteiger partial charge is 0.497 e. The monoisotopic (exact) mass is 615 g/mol. The van der Waals surface area contributed by atoms with E-state index in [-0.39, 0.29) is 39.2 Å². The smallest absolute Gasteiger partial charge is 0.338 e. The number of amidine groups is 1. The minimum Gasteiger partial charge on any atom is -0.497 e. The Hall–Kier alpha value is -3.90. The summed E-state index contributed by atoms with van der Waals surface area (Å²) in [5.41, 5.74) is 2.03. The molecule has 0 saturated heterocycles. The van der Waals surface area contributed by atoms with Gasteiger partial charge in [-0.2, -0.15) is 0 Å². The fourth-order valence-corrected chi connectivity index (χ4v) is 4.95. The van der Waals surface area contributed by atoms with Crippen LogP contribution in [0.5, 0.6) is 5.75 Å². The average molecular weight is 616 g/mol. The highest BCUT2D eigenvalue weighted by atomic mass is 79.9. The third kappa shape index (κ3) is 6.23. The van der Waals surface area contributed by atoms with E-state index in [4.69, 9.17) is 14.2 Å². The van der Waals surface area contributed by atoms with Gasteiger partial charge in [0, 0.05) is 11.8 Å². The van der Waals surface area contributed by atoms with Gasteiger partial charge >= 0.3 is 11.9 Å². The molecule has 10 nitrogen and oxygen atoms in total. The van der Waals surface area contributed by atoms with Gasteiger partial charge in [0.25, 0.3) is 11.8 Å². The number of thioether (sulfide) groups is 1. The predicted molar refractivity (Wildman–Crippen MR) is 152 cm³/mol. The predicted octanol–water partition coefficient (Wildman–Crippen LogP) is 4.41. The molecule has 0 saturated carbocycles. The SMILES string of the molecule is Br.CCOC(=O)c1ccc(NC(=O)C2=CC(=O)N3C(=NC(C)=C(C(=O)OC)C3c3ccc(OC)cc3)S2)cc1. The molecule has 0 fully saturated rings. The van der Waals surface area contributed by atoms with Gasteiger partial charge in [0.2, 0.25) is 0 Å². The third-order valence-electron chi connectivity index (χ3n) is 5.80. The highest BCUT2D eigenvalue weighted by Gasteiger charge is 2.42. The number of fused-ring (bicyclic) bond motifs is 1. The molecule has 204 valence electrons. The molecule has 0 radical (unpaired) electrons. The summed E-state index contributed by atoms with van der Waals surface area (Å²) in [4.78, 5) is 56.9. The van der Waals surface area contributed by atoms with Crippen molar-refractivity contribution < 1.29 is 33.4 Å². The van der Waals surface area contributed by atoms with Crippen LogP contribution in [-0.4, -0.2) is 54.6 Å². The van der Waals surface area contributed by atoms with E-state index in [0.29, 0.717) is 28.3 Å². The molecule has 2 amide bonds. The van der Waals surface area contributed by atoms with Crippen LogP contribution >= 0.6 is 28.7 Å². The maximum absolute atomic E-state index is 13.4. The number of allylic oxidation sites excluding steroid dienone is 1. The fourth-order valence-electron chi connectivity index (χ4n) is 3.98. The summed E-state index contributed by atoms with van der Waals surface area (Å²) in [7, 11) is 2.81. The molecule has 39 heavy (non-hydrogen) atoms. The maximum Gasteiger partial charge on any atom is 0.338 e. The van der Waals surface area contributed by atoms with Crippen LogP contribution in [0.2, 0.25) is 0 Å². The van der Waals surface area contributed by atoms with Crippen LogP contribution in [0, 0.1) is 0 Å². The Bertz CT molecular complexity index is 1390. The van der Waals surface area contributed by atoms with Gasteiger partial charge in [0.05, 0.1) is 48.6 Å². The van der Waals surface area contributed by atoms with Crippen molar-refractivity contribution in [2.24, 2.45) is 4.99 Å². The molecule has 2 aliphatic rings. The van der Waals surface area contributed by atoms with Gasteiger partial charge in [0.15, 0.2) is 5.17 Å². The summed E-state index contributed by atoms with van der Waals surface area (Å²) in [6, 6.07) is 12.4. The number of aliphatic imine (C=N–C) groups is 1. The lowest BCUT2D eigenvalue weighted by atomic mass is 9.94. The van der Waals surface area contributed by atoms with Crippen molar-refractivity contribution in [3.8, 4) is 5.75 Å². The first-order valence-corrected chi connectivity index (χ1v) is 12.4. The van der Waals surface area contributed by atoms with Gasteiger partial charge in [-0.05, 0) is 67.6 Å². The Morgan fingerprint density at radius 2 is 1.69 bits per heavy atom. The lowest BCUT2D eigenvalue weighted by molar-refractivity contribution is -0.137. The summed E-state index contributed by atoms with van der Waals surface area (Å²) in [6.45, 7) is 3.63. The maximum atomic E-state index is 13.4. The first-order chi connectivity index (χ1) is 18.3. The first-order valence-electron chi connectivity index (χ1n) is 11.6. The first kappa shape index (κ1) is 29.7. The molecule has 1 N–H and O–H groups in total. The second-order valence-corrected chi connectivity index (χ2v) is 9.14. The van der Waals surface area contributed by atoms with E-state index < -0.39 is 29.8 Å². The Balaban J connectivity index is 0.00000420. The summed E-state index contributed by atoms with van der Waals surface area (Å²) in [6.07, 6.45) is 1.21. The Morgan fingerprint density at radius 3 is 2.28 bits per heavy atom. The molecule has 0 aromatic heterocycles. The molecular weight excluding hydrogens is 590 g/mol. The van der Waals surface area contributed by atoms with Crippen LogP contribution < -0.4 is 10.1 Å². The van der Waals surface area contributed by atoms with Crippen molar-refractivity contribution >= 4 is 63.4 Å². The number of nitrogens with one attached hydrogen (secondary N) is 1. The van der Waals surface area contributed by atoms with Crippen LogP contribution in [0.3, 0.4) is 0 Å². The number of amides is 2. The minimum absolute atomic E-state index is 0. The lowest BCUT2D eigenvalue weighted by Crippen LogP contribution is -2.45. The molecule has 1 unspecified atom stereocenters. The summed E-state index contributed by atoms with van der Waals surface area (Å²) in [5, 5.41) is 2.98. The molecule has 1 atom stereocenters. The number of carbonyl (C=O) groups excluding carboxylic acids is 4. The number of methoxy groups -OCH3 is 2. The number of hydrogen-bond acceptors (Lipinski definition) is 9. The van der Waals surface area contributed by atoms with Gasteiger partial charge in [0.1, 0.15) is 5.75 Å². The number of nitrogens with zero attached hydrogens (tertiary/aromatic N) is 2. The molecule has 12 heteroatoms. The van der Waals surface area contributed by atoms with Crippen LogP contribution in [0.4, 0.5) is 5.69 Å². The third-order valence-corrected chi connectivity index (χ3v) is 6.79. The molecule has 2 aliphatic heterocycles. The van der Waals surface area contributed by atoms with Gasteiger partial charge in [-0.25, -0.2) is 14.6 Å². The molecular formula is C27H26BrN3O7S. The van der Waals surface area contributed by atoms with E-state index in [9.17, 15) is 19.2 Å². The van der Waals surface area contributed by atoms with E-state index >= 15 is 0 Å². The number of carbonyl (C=O) groups is 4. The second-order valence-electron chi connectivity index (χ2n) is 8.13. The summed E-state index contributed by atoms with van der Waals surface area (Å²) < 4.78 is 15.2. The normalized spacial score (nSPS) is 16.3. The quantitative estimate of drug-likeness (QED) is 0.454. The number of rotatable bonds is 7. The Kier molecular flexibility index (Phi) is 9.71. The van der Waals surface area contributed by atoms with E-state index in [1.807, 2.05) is 0 Å². The Morgan fingerprint density at radius 1 is 1.03 bits per heavy atom. The molecule has 2 aromatic carbocycles. The average Bonchev–Trinajstić information content (AvgIpc) is 2.92. The summed E-state index contributed by atoms with van der Waals surface area (Å²) >= 11 is 1.01. The molecule has 2 aromatic rings. The number of benzene rings is 2. The van der Waals surface area contributed by atoms with E-state index in [1.54, 1.807) is 57.4 Å². The van der Waals surface area contributed by atoms with Crippen molar-refractivity contribution in [2.45, 2.75) is 19.9 Å². The highest BCUT2D eigenvalue weighted by Crippen LogP contribution is 2.42. The summed E-state index contributed by atoms with van der Waals surface area (Å²) in [5.74, 6) is -1.48. The van der Waals surface area contributed by atoms with Gasteiger partial charge in [-0.15, -0.1) is 17.0 Å². The molecule has 2 heterocycles. The zero-order valence-corrected chi connectivity index (χ0v) is 24.1. The number of esters is 2. The second kappa shape index (κ2) is 12.8. The van der Waals surface area contributed by atoms with Crippen molar-refractivity contribution in [1.82, 2.24) is 4.90 Å². The molecule has 4 rings (SSSR count).